The molecule has 74 valence electrons. The van der Waals surface area contributed by atoms with Crippen molar-refractivity contribution >= 4 is 36.3 Å². The number of nitrogens with zero attached hydrogens (tertiary/aromatic N) is 1. The second-order valence-electron chi connectivity index (χ2n) is 2.69. The lowest BCUT2D eigenvalue weighted by Gasteiger charge is -2.04. The third-order valence-electron chi connectivity index (χ3n) is 1.89. The quantitative estimate of drug-likeness (QED) is 0.738. The van der Waals surface area contributed by atoms with Crippen molar-refractivity contribution in [1.82, 2.24) is 0 Å². The molecule has 14 heavy (non-hydrogen) atoms. The molecule has 0 radical (unpaired) electrons. The Balaban J connectivity index is 2.82. The van der Waals surface area contributed by atoms with Crippen LogP contribution >= 0.6 is 22.6 Å². The standard InChI is InChI=1S/C8H6INO3S/c1-13-5-3-2-4-6-7(5)8(9)10-14(6,11)12/h2-4H,1H3. The first-order valence-electron chi connectivity index (χ1n) is 3.74. The van der Waals surface area contributed by atoms with Gasteiger partial charge in [0, 0.05) is 0 Å². The largest absolute Gasteiger partial charge is 0.496 e. The van der Waals surface area contributed by atoms with Gasteiger partial charge in [0.1, 0.15) is 14.4 Å². The van der Waals surface area contributed by atoms with Crippen molar-refractivity contribution < 1.29 is 13.2 Å². The number of hydrogen-bond donors (Lipinski definition) is 0. The van der Waals surface area contributed by atoms with Gasteiger partial charge in [0.2, 0.25) is 0 Å². The highest BCUT2D eigenvalue weighted by Gasteiger charge is 2.30. The topological polar surface area (TPSA) is 55.7 Å². The Bertz CT molecular complexity index is 521. The number of ether oxygens (including phenoxy) is 1. The van der Waals surface area contributed by atoms with Crippen LogP contribution in [0.1, 0.15) is 5.56 Å². The number of hydrogen-bond acceptors (Lipinski definition) is 3. The molecule has 0 atom stereocenters. The Morgan fingerprint density at radius 1 is 1.43 bits per heavy atom. The van der Waals surface area contributed by atoms with E-state index in [9.17, 15) is 8.42 Å². The summed E-state index contributed by atoms with van der Waals surface area (Å²) < 4.78 is 32.1. The van der Waals surface area contributed by atoms with Crippen molar-refractivity contribution in [2.24, 2.45) is 4.40 Å². The molecule has 1 aromatic rings. The molecule has 0 aliphatic carbocycles. The van der Waals surface area contributed by atoms with Crippen LogP contribution in [0.3, 0.4) is 0 Å². The molecule has 0 spiro atoms. The molecule has 0 saturated carbocycles. The van der Waals surface area contributed by atoms with E-state index in [-0.39, 0.29) is 4.90 Å². The minimum atomic E-state index is -3.49. The maximum absolute atomic E-state index is 11.5. The summed E-state index contributed by atoms with van der Waals surface area (Å²) in [6, 6.07) is 4.89. The third-order valence-corrected chi connectivity index (χ3v) is 4.32. The van der Waals surface area contributed by atoms with E-state index in [1.807, 2.05) is 22.6 Å². The molecule has 6 heteroatoms. The van der Waals surface area contributed by atoms with Crippen LogP contribution < -0.4 is 4.74 Å². The minimum Gasteiger partial charge on any atom is -0.496 e. The van der Waals surface area contributed by atoms with E-state index in [0.29, 0.717) is 15.0 Å². The van der Waals surface area contributed by atoms with Gasteiger partial charge in [-0.25, -0.2) is 0 Å². The molecule has 2 rings (SSSR count). The predicted octanol–water partition coefficient (Wildman–Crippen LogP) is 1.58. The van der Waals surface area contributed by atoms with Gasteiger partial charge >= 0.3 is 0 Å². The van der Waals surface area contributed by atoms with Gasteiger partial charge in [-0.15, -0.1) is 0 Å². The Kier molecular flexibility index (Phi) is 2.26. The molecule has 4 nitrogen and oxygen atoms in total. The fraction of sp³-hybridized carbons (Fsp3) is 0.125. The summed E-state index contributed by atoms with van der Waals surface area (Å²) in [5, 5.41) is 0. The molecule has 0 unspecified atom stereocenters. The van der Waals surface area contributed by atoms with Crippen LogP contribution in [0.2, 0.25) is 0 Å². The van der Waals surface area contributed by atoms with E-state index in [0.717, 1.165) is 0 Å². The van der Waals surface area contributed by atoms with E-state index in [1.165, 1.54) is 13.2 Å². The van der Waals surface area contributed by atoms with Crippen LogP contribution in [-0.4, -0.2) is 19.2 Å². The normalized spacial score (nSPS) is 17.4. The highest BCUT2D eigenvalue weighted by Crippen LogP contribution is 2.35. The Labute approximate surface area is 95.2 Å². The monoisotopic (exact) mass is 323 g/mol. The third kappa shape index (κ3) is 1.33. The van der Waals surface area contributed by atoms with Crippen LogP contribution in [0.5, 0.6) is 5.75 Å². The molecular weight excluding hydrogens is 317 g/mol. The van der Waals surface area contributed by atoms with E-state index >= 15 is 0 Å². The zero-order chi connectivity index (χ0) is 10.3. The van der Waals surface area contributed by atoms with Crippen molar-refractivity contribution in [3.8, 4) is 5.75 Å². The number of methoxy groups -OCH3 is 1. The fourth-order valence-electron chi connectivity index (χ4n) is 1.30. The summed E-state index contributed by atoms with van der Waals surface area (Å²) >= 11 is 1.89. The van der Waals surface area contributed by atoms with Gasteiger partial charge in [0.15, 0.2) is 0 Å². The predicted molar refractivity (Wildman–Crippen MR) is 60.7 cm³/mol. The molecule has 0 saturated heterocycles. The molecule has 0 bridgehead atoms. The van der Waals surface area contributed by atoms with Gasteiger partial charge in [0.25, 0.3) is 10.0 Å². The van der Waals surface area contributed by atoms with Gasteiger partial charge in [-0.2, -0.15) is 12.8 Å². The van der Waals surface area contributed by atoms with Crippen molar-refractivity contribution in [3.05, 3.63) is 23.8 Å². The van der Waals surface area contributed by atoms with E-state index in [4.69, 9.17) is 4.74 Å². The lowest BCUT2D eigenvalue weighted by atomic mass is 10.2. The number of benzene rings is 1. The first kappa shape index (κ1) is 9.91. The lowest BCUT2D eigenvalue weighted by molar-refractivity contribution is 0.413. The summed E-state index contributed by atoms with van der Waals surface area (Å²) in [4.78, 5) is 0.223. The molecule has 1 aromatic carbocycles. The van der Waals surface area contributed by atoms with Crippen LogP contribution in [0, 0.1) is 0 Å². The van der Waals surface area contributed by atoms with Crippen molar-refractivity contribution in [3.63, 3.8) is 0 Å². The van der Waals surface area contributed by atoms with Crippen molar-refractivity contribution in [2.45, 2.75) is 4.90 Å². The summed E-state index contributed by atoms with van der Waals surface area (Å²) in [5.74, 6) is 0.539. The van der Waals surface area contributed by atoms with Crippen molar-refractivity contribution in [2.75, 3.05) is 7.11 Å². The zero-order valence-corrected chi connectivity index (χ0v) is 10.2. The fourth-order valence-corrected chi connectivity index (χ4v) is 3.92. The van der Waals surface area contributed by atoms with Gasteiger partial charge < -0.3 is 4.74 Å². The summed E-state index contributed by atoms with van der Waals surface area (Å²) in [6.07, 6.45) is 0. The SMILES string of the molecule is COc1cccc2c1C(I)=NS2(=O)=O. The lowest BCUT2D eigenvalue weighted by Crippen LogP contribution is -1.96. The first-order chi connectivity index (χ1) is 6.56. The van der Waals surface area contributed by atoms with E-state index in [1.54, 1.807) is 12.1 Å². The second-order valence-corrected chi connectivity index (χ2v) is 5.28. The molecule has 0 aromatic heterocycles. The maximum Gasteiger partial charge on any atom is 0.284 e. The molecule has 0 amide bonds. The van der Waals surface area contributed by atoms with Crippen LogP contribution in [0.15, 0.2) is 27.5 Å². The molecule has 1 aliphatic heterocycles. The average Bonchev–Trinajstić information content (AvgIpc) is 2.38. The Morgan fingerprint density at radius 3 is 2.79 bits per heavy atom. The molecule has 1 aliphatic rings. The molecule has 0 fully saturated rings. The van der Waals surface area contributed by atoms with Gasteiger partial charge in [0.05, 0.1) is 12.7 Å². The Hall–Kier alpha value is -0.630. The smallest absolute Gasteiger partial charge is 0.284 e. The molecule has 1 heterocycles. The zero-order valence-electron chi connectivity index (χ0n) is 7.19. The number of fused-ring (bicyclic) bond motifs is 1. The number of halogens is 1. The number of sulfonamides is 1. The molecule has 0 N–H and O–H groups in total. The number of rotatable bonds is 1. The van der Waals surface area contributed by atoms with E-state index < -0.39 is 10.0 Å². The Morgan fingerprint density at radius 2 is 2.14 bits per heavy atom. The summed E-state index contributed by atoms with van der Waals surface area (Å²) in [5.41, 5.74) is 0.565. The van der Waals surface area contributed by atoms with Crippen LogP contribution in [0.4, 0.5) is 0 Å². The summed E-state index contributed by atoms with van der Waals surface area (Å²) in [6.45, 7) is 0. The van der Waals surface area contributed by atoms with Gasteiger partial charge in [-0.05, 0) is 34.7 Å². The second kappa shape index (κ2) is 3.20. The van der Waals surface area contributed by atoms with Crippen molar-refractivity contribution in [1.29, 1.82) is 0 Å². The van der Waals surface area contributed by atoms with Gasteiger partial charge in [-0.1, -0.05) is 6.07 Å². The van der Waals surface area contributed by atoms with Crippen LogP contribution in [-0.2, 0) is 10.0 Å². The summed E-state index contributed by atoms with van der Waals surface area (Å²) in [7, 11) is -1.98. The average molecular weight is 323 g/mol. The maximum atomic E-state index is 11.5. The first-order valence-corrected chi connectivity index (χ1v) is 6.26. The minimum absolute atomic E-state index is 0.223. The van der Waals surface area contributed by atoms with E-state index in [2.05, 4.69) is 4.40 Å². The van der Waals surface area contributed by atoms with Gasteiger partial charge in [-0.3, -0.25) is 0 Å². The highest BCUT2D eigenvalue weighted by molar-refractivity contribution is 14.1. The molecular formula is C8H6INO3S. The van der Waals surface area contributed by atoms with Crippen LogP contribution in [0.25, 0.3) is 0 Å². The highest BCUT2D eigenvalue weighted by atomic mass is 127.